The van der Waals surface area contributed by atoms with Crippen LogP contribution in [0.4, 0.5) is 4.39 Å². The first-order valence-electron chi connectivity index (χ1n) is 8.37. The van der Waals surface area contributed by atoms with E-state index in [-0.39, 0.29) is 13.0 Å². The molecule has 1 amide bonds. The molecule has 0 unspecified atom stereocenters. The molecule has 3 rings (SSSR count). The third kappa shape index (κ3) is 4.63. The zero-order valence-electron chi connectivity index (χ0n) is 14.7. The molecular formula is C20H19FN2O4. The first kappa shape index (κ1) is 18.4. The van der Waals surface area contributed by atoms with Gasteiger partial charge in [0.05, 0.1) is 7.11 Å². The van der Waals surface area contributed by atoms with Crippen LogP contribution in [0.5, 0.6) is 5.75 Å². The fourth-order valence-electron chi connectivity index (χ4n) is 2.77. The molecule has 7 heteroatoms. The van der Waals surface area contributed by atoms with Crippen LogP contribution in [0.3, 0.4) is 0 Å². The summed E-state index contributed by atoms with van der Waals surface area (Å²) < 4.78 is 23.0. The zero-order chi connectivity index (χ0) is 19.2. The molecule has 2 aromatic carbocycles. The summed E-state index contributed by atoms with van der Waals surface area (Å²) in [5.74, 6) is -1.06. The van der Waals surface area contributed by atoms with Crippen LogP contribution in [0.25, 0.3) is 10.9 Å². The van der Waals surface area contributed by atoms with Gasteiger partial charge in [0.1, 0.15) is 17.6 Å². The first-order valence-corrected chi connectivity index (χ1v) is 8.37. The monoisotopic (exact) mass is 370 g/mol. The van der Waals surface area contributed by atoms with Gasteiger partial charge in [0.15, 0.2) is 6.61 Å². The lowest BCUT2D eigenvalue weighted by atomic mass is 10.0. The topological polar surface area (TPSA) is 80.4 Å². The highest BCUT2D eigenvalue weighted by Crippen LogP contribution is 2.19. The summed E-state index contributed by atoms with van der Waals surface area (Å²) in [6, 6.07) is 12.2. The number of halogens is 1. The fourth-order valence-corrected chi connectivity index (χ4v) is 2.77. The summed E-state index contributed by atoms with van der Waals surface area (Å²) in [6.07, 6.45) is 2.08. The van der Waals surface area contributed by atoms with Crippen LogP contribution in [-0.4, -0.2) is 36.6 Å². The summed E-state index contributed by atoms with van der Waals surface area (Å²) in [4.78, 5) is 27.4. The van der Waals surface area contributed by atoms with Crippen molar-refractivity contribution in [2.45, 2.75) is 12.5 Å². The molecular weight excluding hydrogens is 351 g/mol. The number of ether oxygens (including phenoxy) is 2. The number of hydrogen-bond donors (Lipinski definition) is 2. The number of nitrogens with one attached hydrogen (secondary N) is 2. The quantitative estimate of drug-likeness (QED) is 0.627. The smallest absolute Gasteiger partial charge is 0.328 e. The van der Waals surface area contributed by atoms with Gasteiger partial charge in [-0.25, -0.2) is 9.18 Å². The van der Waals surface area contributed by atoms with Gasteiger partial charge in [0.25, 0.3) is 5.91 Å². The van der Waals surface area contributed by atoms with Gasteiger partial charge in [-0.3, -0.25) is 4.79 Å². The molecule has 0 aliphatic heterocycles. The highest BCUT2D eigenvalue weighted by molar-refractivity contribution is 5.87. The van der Waals surface area contributed by atoms with Crippen molar-refractivity contribution in [3.8, 4) is 5.75 Å². The van der Waals surface area contributed by atoms with Crippen molar-refractivity contribution < 1.29 is 23.5 Å². The number of aromatic nitrogens is 1. The molecule has 6 nitrogen and oxygen atoms in total. The van der Waals surface area contributed by atoms with Gasteiger partial charge in [-0.2, -0.15) is 0 Å². The molecule has 0 aliphatic rings. The Morgan fingerprint density at radius 2 is 1.89 bits per heavy atom. The number of rotatable bonds is 7. The maximum absolute atomic E-state index is 12.9. The molecule has 3 aromatic rings. The molecule has 0 radical (unpaired) electrons. The van der Waals surface area contributed by atoms with Gasteiger partial charge in [-0.1, -0.05) is 18.2 Å². The van der Waals surface area contributed by atoms with E-state index in [1.807, 2.05) is 30.5 Å². The lowest BCUT2D eigenvalue weighted by molar-refractivity contribution is -0.145. The second-order valence-electron chi connectivity index (χ2n) is 5.95. The van der Waals surface area contributed by atoms with Crippen molar-refractivity contribution in [3.05, 3.63) is 66.1 Å². The van der Waals surface area contributed by atoms with Gasteiger partial charge in [-0.05, 0) is 35.9 Å². The van der Waals surface area contributed by atoms with E-state index in [1.54, 1.807) is 0 Å². The summed E-state index contributed by atoms with van der Waals surface area (Å²) in [7, 11) is 1.27. The van der Waals surface area contributed by atoms with Crippen molar-refractivity contribution in [1.29, 1.82) is 0 Å². The number of benzene rings is 2. The van der Waals surface area contributed by atoms with E-state index in [0.717, 1.165) is 16.5 Å². The summed E-state index contributed by atoms with van der Waals surface area (Å²) >= 11 is 0. The van der Waals surface area contributed by atoms with Crippen LogP contribution in [0.2, 0.25) is 0 Å². The largest absolute Gasteiger partial charge is 0.484 e. The highest BCUT2D eigenvalue weighted by Gasteiger charge is 2.23. The minimum atomic E-state index is -0.849. The highest BCUT2D eigenvalue weighted by atomic mass is 19.1. The summed E-state index contributed by atoms with van der Waals surface area (Å²) in [6.45, 7) is -0.299. The first-order chi connectivity index (χ1) is 13.1. The summed E-state index contributed by atoms with van der Waals surface area (Å²) in [5.41, 5.74) is 1.84. The molecule has 1 aromatic heterocycles. The molecule has 2 N–H and O–H groups in total. The van der Waals surface area contributed by atoms with Crippen LogP contribution in [0.1, 0.15) is 5.56 Å². The molecule has 0 saturated heterocycles. The Bertz CT molecular complexity index is 937. The number of para-hydroxylation sites is 1. The Kier molecular flexibility index (Phi) is 5.71. The zero-order valence-corrected chi connectivity index (χ0v) is 14.7. The second kappa shape index (κ2) is 8.35. The van der Waals surface area contributed by atoms with Crippen molar-refractivity contribution in [3.63, 3.8) is 0 Å². The average molecular weight is 370 g/mol. The van der Waals surface area contributed by atoms with Gasteiger partial charge in [-0.15, -0.1) is 0 Å². The fraction of sp³-hybridized carbons (Fsp3) is 0.200. The Morgan fingerprint density at radius 1 is 1.15 bits per heavy atom. The van der Waals surface area contributed by atoms with E-state index in [9.17, 15) is 14.0 Å². The Labute approximate surface area is 155 Å². The predicted octanol–water partition coefficient (Wildman–Crippen LogP) is 2.59. The number of aromatic amines is 1. The number of carbonyl (C=O) groups excluding carboxylic acids is 2. The molecule has 1 heterocycles. The van der Waals surface area contributed by atoms with Crippen LogP contribution in [-0.2, 0) is 20.7 Å². The van der Waals surface area contributed by atoms with Crippen molar-refractivity contribution in [1.82, 2.24) is 10.3 Å². The van der Waals surface area contributed by atoms with E-state index >= 15 is 0 Å². The van der Waals surface area contributed by atoms with E-state index in [4.69, 9.17) is 9.47 Å². The third-order valence-corrected chi connectivity index (χ3v) is 4.10. The van der Waals surface area contributed by atoms with E-state index in [1.165, 1.54) is 31.4 Å². The number of carbonyl (C=O) groups is 2. The minimum Gasteiger partial charge on any atom is -0.484 e. The lowest BCUT2D eigenvalue weighted by Crippen LogP contribution is -2.44. The van der Waals surface area contributed by atoms with Gasteiger partial charge in [0.2, 0.25) is 0 Å². The SMILES string of the molecule is COC(=O)[C@@H](Cc1c[nH]c2ccccc12)NC(=O)COc1ccc(F)cc1. The molecule has 0 bridgehead atoms. The van der Waals surface area contributed by atoms with Crippen molar-refractivity contribution in [2.24, 2.45) is 0 Å². The molecule has 140 valence electrons. The predicted molar refractivity (Wildman–Crippen MR) is 97.8 cm³/mol. The number of fused-ring (bicyclic) bond motifs is 1. The van der Waals surface area contributed by atoms with Crippen LogP contribution >= 0.6 is 0 Å². The number of hydrogen-bond acceptors (Lipinski definition) is 4. The second-order valence-corrected chi connectivity index (χ2v) is 5.95. The lowest BCUT2D eigenvalue weighted by Gasteiger charge is -2.16. The molecule has 1 atom stereocenters. The third-order valence-electron chi connectivity index (χ3n) is 4.10. The molecule has 27 heavy (non-hydrogen) atoms. The van der Waals surface area contributed by atoms with E-state index < -0.39 is 23.7 Å². The van der Waals surface area contributed by atoms with Crippen molar-refractivity contribution in [2.75, 3.05) is 13.7 Å². The number of H-pyrrole nitrogens is 1. The number of esters is 1. The summed E-state index contributed by atoms with van der Waals surface area (Å²) in [5, 5.41) is 3.60. The van der Waals surface area contributed by atoms with Crippen LogP contribution in [0, 0.1) is 5.82 Å². The molecule has 0 fully saturated rings. The molecule has 0 aliphatic carbocycles. The minimum absolute atomic E-state index is 0.277. The standard InChI is InChI=1S/C20H19FN2O4/c1-26-20(25)18(10-13-11-22-17-5-3-2-4-16(13)17)23-19(24)12-27-15-8-6-14(21)7-9-15/h2-9,11,18,22H,10,12H2,1H3,(H,23,24)/t18-/m1/s1. The van der Waals surface area contributed by atoms with Gasteiger partial charge < -0.3 is 19.8 Å². The van der Waals surface area contributed by atoms with Crippen molar-refractivity contribution >= 4 is 22.8 Å². The average Bonchev–Trinajstić information content (AvgIpc) is 3.09. The number of amides is 1. The van der Waals surface area contributed by atoms with E-state index in [2.05, 4.69) is 10.3 Å². The number of methoxy groups -OCH3 is 1. The maximum Gasteiger partial charge on any atom is 0.328 e. The van der Waals surface area contributed by atoms with Crippen LogP contribution in [0.15, 0.2) is 54.7 Å². The maximum atomic E-state index is 12.9. The van der Waals surface area contributed by atoms with Gasteiger partial charge >= 0.3 is 5.97 Å². The molecule has 0 saturated carbocycles. The van der Waals surface area contributed by atoms with Gasteiger partial charge in [0, 0.05) is 23.5 Å². The normalized spacial score (nSPS) is 11.8. The van der Waals surface area contributed by atoms with E-state index in [0.29, 0.717) is 5.75 Å². The Hall–Kier alpha value is -3.35. The Balaban J connectivity index is 1.65. The van der Waals surface area contributed by atoms with Crippen LogP contribution < -0.4 is 10.1 Å². The molecule has 0 spiro atoms. The Morgan fingerprint density at radius 3 is 2.63 bits per heavy atom.